The van der Waals surface area contributed by atoms with Gasteiger partial charge in [-0.05, 0) is 30.5 Å². The van der Waals surface area contributed by atoms with E-state index in [1.807, 2.05) is 12.1 Å². The van der Waals surface area contributed by atoms with E-state index in [0.29, 0.717) is 0 Å². The Balaban J connectivity index is 1.75. The lowest BCUT2D eigenvalue weighted by Gasteiger charge is -2.15. The molecule has 0 saturated carbocycles. The fourth-order valence-corrected chi connectivity index (χ4v) is 1.75. The van der Waals surface area contributed by atoms with Gasteiger partial charge in [0.25, 0.3) is 0 Å². The predicted molar refractivity (Wildman–Crippen MR) is 68.1 cm³/mol. The molecule has 0 radical (unpaired) electrons. The van der Waals surface area contributed by atoms with Gasteiger partial charge in [-0.25, -0.2) is 0 Å². The van der Waals surface area contributed by atoms with Gasteiger partial charge in [0.1, 0.15) is 0 Å². The molecule has 1 aromatic carbocycles. The number of aliphatic imine (C=N–C) groups is 1. The molecule has 2 N–H and O–H groups in total. The first-order valence-corrected chi connectivity index (χ1v) is 5.99. The maximum Gasteiger partial charge on any atom is 0.191 e. The molecule has 2 rings (SSSR count). The van der Waals surface area contributed by atoms with Crippen LogP contribution in [0.2, 0.25) is 5.02 Å². The van der Waals surface area contributed by atoms with E-state index >= 15 is 0 Å². The summed E-state index contributed by atoms with van der Waals surface area (Å²) in [5, 5.41) is 7.31. The summed E-state index contributed by atoms with van der Waals surface area (Å²) in [6, 6.07) is 7.96. The molecule has 1 aliphatic rings. The van der Waals surface area contributed by atoms with Crippen LogP contribution in [-0.2, 0) is 6.42 Å². The van der Waals surface area contributed by atoms with Gasteiger partial charge in [0, 0.05) is 24.7 Å². The summed E-state index contributed by atoms with van der Waals surface area (Å²) in [6.07, 6.45) is 2.11. The fourth-order valence-electron chi connectivity index (χ4n) is 1.63. The summed E-state index contributed by atoms with van der Waals surface area (Å²) < 4.78 is 0. The quantitative estimate of drug-likeness (QED) is 0.842. The van der Waals surface area contributed by atoms with Crippen LogP contribution in [0.3, 0.4) is 0 Å². The van der Waals surface area contributed by atoms with Crippen LogP contribution in [-0.4, -0.2) is 25.6 Å². The maximum atomic E-state index is 5.82. The smallest absolute Gasteiger partial charge is 0.191 e. The molecule has 3 nitrogen and oxygen atoms in total. The van der Waals surface area contributed by atoms with Crippen LogP contribution >= 0.6 is 11.6 Å². The summed E-state index contributed by atoms with van der Waals surface area (Å²) in [7, 11) is 0. The minimum atomic E-state index is 0.787. The van der Waals surface area contributed by atoms with Crippen molar-refractivity contribution in [3.8, 4) is 0 Å². The Kier molecular flexibility index (Phi) is 4.05. The highest BCUT2D eigenvalue weighted by Crippen LogP contribution is 2.09. The molecule has 1 aromatic rings. The highest BCUT2D eigenvalue weighted by Gasteiger charge is 2.02. The van der Waals surface area contributed by atoms with Gasteiger partial charge in [0.2, 0.25) is 0 Å². The van der Waals surface area contributed by atoms with E-state index in [9.17, 15) is 0 Å². The zero-order valence-electron chi connectivity index (χ0n) is 9.17. The average Bonchev–Trinajstić information content (AvgIpc) is 2.33. The zero-order chi connectivity index (χ0) is 11.2. The van der Waals surface area contributed by atoms with E-state index in [1.165, 1.54) is 5.56 Å². The van der Waals surface area contributed by atoms with Gasteiger partial charge in [-0.2, -0.15) is 0 Å². The number of nitrogens with zero attached hydrogens (tertiary/aromatic N) is 1. The van der Waals surface area contributed by atoms with Crippen LogP contribution in [0.15, 0.2) is 29.3 Å². The lowest BCUT2D eigenvalue weighted by atomic mass is 10.1. The molecular formula is C12H16ClN3. The van der Waals surface area contributed by atoms with Gasteiger partial charge in [-0.3, -0.25) is 4.99 Å². The minimum Gasteiger partial charge on any atom is -0.356 e. The second kappa shape index (κ2) is 5.75. The average molecular weight is 238 g/mol. The SMILES string of the molecule is Clc1ccc(CCNC2=NCCCN2)cc1. The summed E-state index contributed by atoms with van der Waals surface area (Å²) in [5.41, 5.74) is 1.29. The summed E-state index contributed by atoms with van der Waals surface area (Å²) in [6.45, 7) is 2.84. The van der Waals surface area contributed by atoms with Crippen molar-refractivity contribution in [1.29, 1.82) is 0 Å². The molecule has 0 saturated heterocycles. The van der Waals surface area contributed by atoms with Crippen molar-refractivity contribution in [3.63, 3.8) is 0 Å². The van der Waals surface area contributed by atoms with Crippen molar-refractivity contribution in [2.24, 2.45) is 4.99 Å². The van der Waals surface area contributed by atoms with E-state index in [1.54, 1.807) is 0 Å². The highest BCUT2D eigenvalue weighted by atomic mass is 35.5. The normalized spacial score (nSPS) is 15.2. The Morgan fingerprint density at radius 1 is 1.31 bits per heavy atom. The Labute approximate surface area is 101 Å². The first-order chi connectivity index (χ1) is 7.84. The van der Waals surface area contributed by atoms with E-state index in [-0.39, 0.29) is 0 Å². The van der Waals surface area contributed by atoms with Gasteiger partial charge >= 0.3 is 0 Å². The van der Waals surface area contributed by atoms with Crippen LogP contribution in [0.4, 0.5) is 0 Å². The number of guanidine groups is 1. The Bertz CT molecular complexity index is 359. The van der Waals surface area contributed by atoms with Crippen molar-refractivity contribution in [2.45, 2.75) is 12.8 Å². The molecule has 4 heteroatoms. The van der Waals surface area contributed by atoms with E-state index in [4.69, 9.17) is 11.6 Å². The Morgan fingerprint density at radius 3 is 2.81 bits per heavy atom. The topological polar surface area (TPSA) is 36.4 Å². The van der Waals surface area contributed by atoms with Crippen molar-refractivity contribution in [2.75, 3.05) is 19.6 Å². The molecule has 0 bridgehead atoms. The van der Waals surface area contributed by atoms with Crippen molar-refractivity contribution in [3.05, 3.63) is 34.9 Å². The first-order valence-electron chi connectivity index (χ1n) is 5.61. The molecule has 0 amide bonds. The van der Waals surface area contributed by atoms with Crippen molar-refractivity contribution in [1.82, 2.24) is 10.6 Å². The largest absolute Gasteiger partial charge is 0.356 e. The van der Waals surface area contributed by atoms with Crippen LogP contribution in [0.5, 0.6) is 0 Å². The molecule has 0 fully saturated rings. The van der Waals surface area contributed by atoms with Crippen LogP contribution < -0.4 is 10.6 Å². The summed E-state index contributed by atoms with van der Waals surface area (Å²) >= 11 is 5.82. The van der Waals surface area contributed by atoms with Crippen LogP contribution in [0.25, 0.3) is 0 Å². The second-order valence-electron chi connectivity index (χ2n) is 3.81. The fraction of sp³-hybridized carbons (Fsp3) is 0.417. The number of rotatable bonds is 3. The molecule has 16 heavy (non-hydrogen) atoms. The predicted octanol–water partition coefficient (Wildman–Crippen LogP) is 1.82. The summed E-state index contributed by atoms with van der Waals surface area (Å²) in [5.74, 6) is 0.931. The molecule has 0 unspecified atom stereocenters. The molecule has 0 spiro atoms. The molecule has 0 atom stereocenters. The zero-order valence-corrected chi connectivity index (χ0v) is 9.93. The van der Waals surface area contributed by atoms with E-state index in [2.05, 4.69) is 27.8 Å². The van der Waals surface area contributed by atoms with Crippen LogP contribution in [0, 0.1) is 0 Å². The standard InChI is InChI=1S/C12H16ClN3/c13-11-4-2-10(3-5-11)6-9-16-12-14-7-1-8-15-12/h2-5H,1,6-9H2,(H2,14,15,16). The monoisotopic (exact) mass is 237 g/mol. The maximum absolute atomic E-state index is 5.82. The number of nitrogens with one attached hydrogen (secondary N) is 2. The van der Waals surface area contributed by atoms with Gasteiger partial charge in [-0.1, -0.05) is 23.7 Å². The van der Waals surface area contributed by atoms with Crippen molar-refractivity contribution >= 4 is 17.6 Å². The lowest BCUT2D eigenvalue weighted by Crippen LogP contribution is -2.41. The van der Waals surface area contributed by atoms with Gasteiger partial charge in [0.05, 0.1) is 0 Å². The second-order valence-corrected chi connectivity index (χ2v) is 4.25. The Morgan fingerprint density at radius 2 is 2.12 bits per heavy atom. The molecule has 86 valence electrons. The third-order valence-corrected chi connectivity index (χ3v) is 2.77. The number of hydrogen-bond acceptors (Lipinski definition) is 3. The third-order valence-electron chi connectivity index (χ3n) is 2.52. The van der Waals surface area contributed by atoms with Gasteiger partial charge in [-0.15, -0.1) is 0 Å². The molecule has 0 aromatic heterocycles. The van der Waals surface area contributed by atoms with Gasteiger partial charge < -0.3 is 10.6 Å². The third kappa shape index (κ3) is 3.42. The van der Waals surface area contributed by atoms with Crippen LogP contribution in [0.1, 0.15) is 12.0 Å². The molecule has 0 aliphatic carbocycles. The minimum absolute atomic E-state index is 0.787. The van der Waals surface area contributed by atoms with Gasteiger partial charge in [0.15, 0.2) is 5.96 Å². The number of halogens is 1. The number of benzene rings is 1. The lowest BCUT2D eigenvalue weighted by molar-refractivity contribution is 0.700. The summed E-state index contributed by atoms with van der Waals surface area (Å²) in [4.78, 5) is 4.35. The molecule has 1 aliphatic heterocycles. The molecular weight excluding hydrogens is 222 g/mol. The first kappa shape index (κ1) is 11.3. The Hall–Kier alpha value is -1.22. The highest BCUT2D eigenvalue weighted by molar-refractivity contribution is 6.30. The van der Waals surface area contributed by atoms with E-state index in [0.717, 1.165) is 43.5 Å². The van der Waals surface area contributed by atoms with Crippen molar-refractivity contribution < 1.29 is 0 Å². The number of hydrogen-bond donors (Lipinski definition) is 2. The van der Waals surface area contributed by atoms with E-state index < -0.39 is 0 Å². The molecule has 1 heterocycles.